The molecule has 1 aromatic rings. The Kier molecular flexibility index (Phi) is 6.40. The van der Waals surface area contributed by atoms with E-state index in [2.05, 4.69) is 10.3 Å². The number of carboxylic acids is 1. The van der Waals surface area contributed by atoms with Gasteiger partial charge in [0.2, 0.25) is 0 Å². The normalized spacial score (nSPS) is 11.3. The number of anilines is 1. The highest BCUT2D eigenvalue weighted by Gasteiger charge is 2.21. The average molecular weight is 340 g/mol. The fraction of sp³-hybridized carbons (Fsp3) is 0.333. The van der Waals surface area contributed by atoms with Crippen molar-refractivity contribution >= 4 is 29.0 Å². The number of non-ortho nitro benzene ring substituents is 1. The van der Waals surface area contributed by atoms with Crippen molar-refractivity contribution in [2.75, 3.05) is 11.9 Å². The van der Waals surface area contributed by atoms with Gasteiger partial charge in [0.05, 0.1) is 34.5 Å². The summed E-state index contributed by atoms with van der Waals surface area (Å²) in [5.74, 6) is -1.48. The van der Waals surface area contributed by atoms with E-state index in [1.54, 1.807) is 0 Å². The first kappa shape index (κ1) is 18.6. The van der Waals surface area contributed by atoms with Crippen LogP contribution >= 0.6 is 0 Å². The lowest BCUT2D eigenvalue weighted by Gasteiger charge is -2.20. The molecular weight excluding hydrogens is 324 g/mol. The van der Waals surface area contributed by atoms with Crippen molar-refractivity contribution in [1.29, 1.82) is 0 Å². The van der Waals surface area contributed by atoms with Crippen LogP contribution in [-0.2, 0) is 4.79 Å². The van der Waals surface area contributed by atoms with Crippen LogP contribution in [0.5, 0.6) is 0 Å². The molecule has 0 saturated carbocycles. The summed E-state index contributed by atoms with van der Waals surface area (Å²) < 4.78 is 0. The predicted octanol–water partition coefficient (Wildman–Crippen LogP) is -2.83. The van der Waals surface area contributed by atoms with E-state index in [4.69, 9.17) is 11.5 Å². The topological polar surface area (TPSA) is 204 Å². The SMILES string of the molecule is NC(N)=[NH+]CCC[C@@H](Nc1ccc([N+](=O)[O-])cc1[N+](=O)[O-])C(=O)[O-]. The van der Waals surface area contributed by atoms with E-state index in [0.717, 1.165) is 18.2 Å². The van der Waals surface area contributed by atoms with Crippen molar-refractivity contribution in [3.05, 3.63) is 38.4 Å². The van der Waals surface area contributed by atoms with Gasteiger partial charge in [-0.05, 0) is 18.9 Å². The van der Waals surface area contributed by atoms with E-state index >= 15 is 0 Å². The first-order valence-corrected chi connectivity index (χ1v) is 6.74. The first-order chi connectivity index (χ1) is 11.2. The van der Waals surface area contributed by atoms with Gasteiger partial charge in [-0.25, -0.2) is 0 Å². The van der Waals surface area contributed by atoms with E-state index in [9.17, 15) is 30.1 Å². The lowest BCUT2D eigenvalue weighted by molar-refractivity contribution is -0.459. The van der Waals surface area contributed by atoms with Crippen LogP contribution in [0.2, 0.25) is 0 Å². The molecule has 0 unspecified atom stereocenters. The number of hydrogen-bond acceptors (Lipinski definition) is 7. The van der Waals surface area contributed by atoms with Crippen LogP contribution < -0.4 is 26.9 Å². The Balaban J connectivity index is 2.93. The van der Waals surface area contributed by atoms with Gasteiger partial charge in [-0.3, -0.25) is 36.7 Å². The number of benzene rings is 1. The number of nitrogens with two attached hydrogens (primary N) is 2. The molecule has 130 valence electrons. The van der Waals surface area contributed by atoms with Crippen LogP contribution in [-0.4, -0.2) is 34.4 Å². The molecule has 0 saturated heterocycles. The van der Waals surface area contributed by atoms with Crippen LogP contribution in [0.3, 0.4) is 0 Å². The monoisotopic (exact) mass is 340 g/mol. The number of carboxylic acid groups (broad SMARTS) is 1. The number of carbonyl (C=O) groups excluding carboxylic acids is 1. The van der Waals surface area contributed by atoms with E-state index in [1.807, 2.05) is 0 Å². The minimum Gasteiger partial charge on any atom is -0.548 e. The van der Waals surface area contributed by atoms with Gasteiger partial charge in [-0.1, -0.05) is 0 Å². The van der Waals surface area contributed by atoms with E-state index in [1.165, 1.54) is 0 Å². The van der Waals surface area contributed by atoms with Crippen molar-refractivity contribution in [3.8, 4) is 0 Å². The van der Waals surface area contributed by atoms with E-state index in [0.29, 0.717) is 13.0 Å². The summed E-state index contributed by atoms with van der Waals surface area (Å²) in [7, 11) is 0. The third kappa shape index (κ3) is 5.40. The van der Waals surface area contributed by atoms with Gasteiger partial charge >= 0.3 is 5.96 Å². The number of guanidine groups is 1. The zero-order valence-electron chi connectivity index (χ0n) is 12.4. The molecule has 0 amide bonds. The number of carbonyl (C=O) groups is 1. The molecule has 0 spiro atoms. The van der Waals surface area contributed by atoms with Crippen molar-refractivity contribution in [2.45, 2.75) is 18.9 Å². The summed E-state index contributed by atoms with van der Waals surface area (Å²) >= 11 is 0. The highest BCUT2D eigenvalue weighted by molar-refractivity contribution is 5.77. The highest BCUT2D eigenvalue weighted by Crippen LogP contribution is 2.29. The minimum atomic E-state index is -1.47. The van der Waals surface area contributed by atoms with Gasteiger partial charge in [-0.2, -0.15) is 0 Å². The Hall–Kier alpha value is -3.44. The lowest BCUT2D eigenvalue weighted by Crippen LogP contribution is -2.78. The standard InChI is InChI=1S/C12H16N6O6/c13-12(14)15-5-1-2-9(11(19)20)16-8-4-3-7(17(21)22)6-10(8)18(23)24/h3-4,6,9,16H,1-2,5H2,(H,19,20)(H4,13,14,15)/t9-/m1/s1. The average Bonchev–Trinajstić information content (AvgIpc) is 2.49. The van der Waals surface area contributed by atoms with Gasteiger partial charge < -0.3 is 15.2 Å². The molecule has 0 heterocycles. The molecule has 1 rings (SSSR count). The highest BCUT2D eigenvalue weighted by atomic mass is 16.6. The molecule has 0 aliphatic rings. The van der Waals surface area contributed by atoms with Gasteiger partial charge in [0.25, 0.3) is 11.4 Å². The van der Waals surface area contributed by atoms with Crippen LogP contribution in [0.1, 0.15) is 12.8 Å². The smallest absolute Gasteiger partial charge is 0.338 e. The lowest BCUT2D eigenvalue weighted by atomic mass is 10.1. The fourth-order valence-electron chi connectivity index (χ4n) is 1.88. The number of nitro groups is 2. The maximum Gasteiger partial charge on any atom is 0.338 e. The third-order valence-corrected chi connectivity index (χ3v) is 3.00. The van der Waals surface area contributed by atoms with Gasteiger partial charge in [0, 0.05) is 6.07 Å². The number of nitrogens with one attached hydrogen (secondary N) is 2. The molecule has 0 fully saturated rings. The fourth-order valence-corrected chi connectivity index (χ4v) is 1.88. The summed E-state index contributed by atoms with van der Waals surface area (Å²) in [6.07, 6.45) is 0.404. The van der Waals surface area contributed by atoms with Crippen molar-refractivity contribution in [1.82, 2.24) is 0 Å². The van der Waals surface area contributed by atoms with E-state index in [-0.39, 0.29) is 18.1 Å². The Labute approximate surface area is 135 Å². The minimum absolute atomic E-state index is 0.0148. The second-order valence-corrected chi connectivity index (χ2v) is 4.76. The summed E-state index contributed by atoms with van der Waals surface area (Å²) in [6.45, 7) is 0.302. The van der Waals surface area contributed by atoms with Crippen LogP contribution in [0.4, 0.5) is 17.1 Å². The van der Waals surface area contributed by atoms with E-state index < -0.39 is 33.2 Å². The predicted molar refractivity (Wildman–Crippen MR) is 80.6 cm³/mol. The zero-order chi connectivity index (χ0) is 18.3. The van der Waals surface area contributed by atoms with Crippen LogP contribution in [0.25, 0.3) is 0 Å². The zero-order valence-corrected chi connectivity index (χ0v) is 12.4. The molecule has 1 atom stereocenters. The number of rotatable bonds is 9. The molecule has 24 heavy (non-hydrogen) atoms. The summed E-state index contributed by atoms with van der Waals surface area (Å²) in [4.78, 5) is 33.8. The van der Waals surface area contributed by atoms with Crippen molar-refractivity contribution in [3.63, 3.8) is 0 Å². The summed E-state index contributed by atoms with van der Waals surface area (Å²) in [5, 5.41) is 35.3. The Morgan fingerprint density at radius 3 is 2.42 bits per heavy atom. The molecule has 0 aliphatic carbocycles. The Bertz CT molecular complexity index is 672. The van der Waals surface area contributed by atoms with Crippen LogP contribution in [0, 0.1) is 20.2 Å². The Morgan fingerprint density at radius 2 is 1.92 bits per heavy atom. The maximum atomic E-state index is 11.2. The molecule has 0 radical (unpaired) electrons. The second kappa shape index (κ2) is 8.26. The summed E-state index contributed by atoms with van der Waals surface area (Å²) in [5.41, 5.74) is 9.15. The van der Waals surface area contributed by atoms with Crippen molar-refractivity contribution in [2.24, 2.45) is 11.5 Å². The quantitative estimate of drug-likeness (QED) is 0.120. The van der Waals surface area contributed by atoms with Crippen molar-refractivity contribution < 1.29 is 24.7 Å². The van der Waals surface area contributed by atoms with Gasteiger partial charge in [0.15, 0.2) is 0 Å². The molecule has 12 heteroatoms. The summed E-state index contributed by atoms with van der Waals surface area (Å²) in [6, 6.07) is 1.63. The second-order valence-electron chi connectivity index (χ2n) is 4.76. The molecule has 12 nitrogen and oxygen atoms in total. The number of hydrogen-bond donors (Lipinski definition) is 4. The number of nitro benzene ring substituents is 2. The molecule has 0 aromatic heterocycles. The van der Waals surface area contributed by atoms with Gasteiger partial charge in [0.1, 0.15) is 5.69 Å². The Morgan fingerprint density at radius 1 is 1.25 bits per heavy atom. The molecule has 0 aliphatic heterocycles. The van der Waals surface area contributed by atoms with Gasteiger partial charge in [-0.15, -0.1) is 0 Å². The molecular formula is C12H16N6O6. The maximum absolute atomic E-state index is 11.2. The largest absolute Gasteiger partial charge is 0.548 e. The molecule has 6 N–H and O–H groups in total. The van der Waals surface area contributed by atoms with Crippen LogP contribution in [0.15, 0.2) is 18.2 Å². The molecule has 1 aromatic carbocycles. The third-order valence-electron chi connectivity index (χ3n) is 3.00. The number of aliphatic carboxylic acids is 1. The number of nitrogens with zero attached hydrogens (tertiary/aromatic N) is 2. The first-order valence-electron chi connectivity index (χ1n) is 6.74. The molecule has 0 bridgehead atoms.